The fourth-order valence-electron chi connectivity index (χ4n) is 1.22. The standard InChI is InChI=1S/C8H8N5S.Al.2H/c1-3-6-7(13-5-10-4-11-13)14-8(9-2)12-6;;;/h2,4-5H,3H2,1H3;;;. The van der Waals surface area contributed by atoms with Crippen molar-refractivity contribution in [1.82, 2.24) is 19.7 Å². The highest BCUT2D eigenvalue weighted by molar-refractivity contribution is 7.17. The Morgan fingerprint density at radius 3 is 3.13 bits per heavy atom. The zero-order chi connectivity index (χ0) is 10.7. The van der Waals surface area contributed by atoms with Crippen molar-refractivity contribution in [2.75, 3.05) is 0 Å². The Morgan fingerprint density at radius 1 is 1.67 bits per heavy atom. The molecule has 5 nitrogen and oxygen atoms in total. The maximum atomic E-state index is 4.43. The van der Waals surface area contributed by atoms with Crippen LogP contribution in [0.3, 0.4) is 0 Å². The molecule has 0 saturated carbocycles. The number of rotatable bonds is 3. The second-order valence-electron chi connectivity index (χ2n) is 2.83. The van der Waals surface area contributed by atoms with Gasteiger partial charge in [-0.05, 0) is 6.42 Å². The second kappa shape index (κ2) is 4.66. The summed E-state index contributed by atoms with van der Waals surface area (Å²) in [5, 5.41) is 7.79. The van der Waals surface area contributed by atoms with E-state index in [-0.39, 0.29) is 0 Å². The minimum atomic E-state index is 0.798. The molecule has 0 atom stereocenters. The third-order valence-corrected chi connectivity index (χ3v) is 3.12. The van der Waals surface area contributed by atoms with Crippen LogP contribution in [0.5, 0.6) is 0 Å². The summed E-state index contributed by atoms with van der Waals surface area (Å²) in [5.74, 6) is 0. The molecule has 0 aliphatic heterocycles. The van der Waals surface area contributed by atoms with Crippen molar-refractivity contribution in [2.45, 2.75) is 13.3 Å². The van der Waals surface area contributed by atoms with Crippen molar-refractivity contribution in [2.24, 2.45) is 4.99 Å². The lowest BCUT2D eigenvalue weighted by Crippen LogP contribution is -1.95. The van der Waals surface area contributed by atoms with Gasteiger partial charge in [0.25, 0.3) is 16.3 Å². The van der Waals surface area contributed by atoms with Crippen molar-refractivity contribution in [3.63, 3.8) is 0 Å². The quantitative estimate of drug-likeness (QED) is 0.577. The maximum absolute atomic E-state index is 4.43. The first kappa shape index (κ1) is 10.5. The SMILES string of the molecule is CCc1nc(N=[CH][AlH2])sc1-n1cncn1. The summed E-state index contributed by atoms with van der Waals surface area (Å²) in [6.07, 6.45) is 4.08. The highest BCUT2D eigenvalue weighted by atomic mass is 32.1. The molecule has 0 aliphatic rings. The van der Waals surface area contributed by atoms with E-state index in [4.69, 9.17) is 0 Å². The van der Waals surface area contributed by atoms with Gasteiger partial charge < -0.3 is 0 Å². The van der Waals surface area contributed by atoms with Crippen LogP contribution >= 0.6 is 11.3 Å². The fourth-order valence-corrected chi connectivity index (χ4v) is 2.63. The zero-order valence-corrected chi connectivity index (χ0v) is 11.4. The van der Waals surface area contributed by atoms with E-state index < -0.39 is 0 Å². The third kappa shape index (κ3) is 2.15. The lowest BCUT2D eigenvalue weighted by atomic mass is 10.4. The Balaban J connectivity index is 2.46. The number of aryl methyl sites for hydroxylation is 1. The number of hydrogen-bond donors (Lipinski definition) is 0. The van der Waals surface area contributed by atoms with E-state index in [1.165, 1.54) is 6.33 Å². The van der Waals surface area contributed by atoms with Gasteiger partial charge in [-0.15, -0.1) is 0 Å². The summed E-state index contributed by atoms with van der Waals surface area (Å²) in [7, 11) is 0. The van der Waals surface area contributed by atoms with Crippen molar-refractivity contribution in [3.8, 4) is 5.00 Å². The summed E-state index contributed by atoms with van der Waals surface area (Å²) in [4.78, 5) is 12.6. The smallest absolute Gasteiger partial charge is 0.251 e. The molecule has 0 saturated heterocycles. The van der Waals surface area contributed by atoms with Gasteiger partial charge in [0.2, 0.25) is 5.13 Å². The van der Waals surface area contributed by atoms with E-state index in [0.717, 1.165) is 38.5 Å². The van der Waals surface area contributed by atoms with Gasteiger partial charge in [0.15, 0.2) is 0 Å². The summed E-state index contributed by atoms with van der Waals surface area (Å²) in [6.45, 7) is 2.07. The highest BCUT2D eigenvalue weighted by Gasteiger charge is 2.10. The van der Waals surface area contributed by atoms with Gasteiger partial charge in [0.1, 0.15) is 17.7 Å². The van der Waals surface area contributed by atoms with Crippen LogP contribution in [0.25, 0.3) is 5.00 Å². The van der Waals surface area contributed by atoms with Crippen molar-refractivity contribution < 1.29 is 0 Å². The first-order valence-corrected chi connectivity index (χ1v) is 6.65. The lowest BCUT2D eigenvalue weighted by molar-refractivity contribution is 0.869. The molecule has 0 spiro atoms. The summed E-state index contributed by atoms with van der Waals surface area (Å²) < 4.78 is 1.74. The number of aromatic nitrogens is 4. The van der Waals surface area contributed by atoms with Crippen LogP contribution in [0.15, 0.2) is 17.6 Å². The van der Waals surface area contributed by atoms with E-state index in [1.807, 2.05) is 5.08 Å². The monoisotopic (exact) mass is 235 g/mol. The summed E-state index contributed by atoms with van der Waals surface area (Å²) >= 11 is 2.49. The van der Waals surface area contributed by atoms with Crippen LogP contribution in [-0.2, 0) is 6.42 Å². The van der Waals surface area contributed by atoms with Crippen molar-refractivity contribution >= 4 is 37.8 Å². The molecule has 76 valence electrons. The average Bonchev–Trinajstić information content (AvgIpc) is 2.84. The fraction of sp³-hybridized carbons (Fsp3) is 0.250. The molecule has 2 heterocycles. The summed E-state index contributed by atoms with van der Waals surface area (Å²) in [6, 6.07) is 0. The molecule has 0 radical (unpaired) electrons. The molecular weight excluding hydrogens is 225 g/mol. The number of nitrogens with zero attached hydrogens (tertiary/aromatic N) is 5. The largest absolute Gasteiger partial charge is 0.277 e. The predicted molar refractivity (Wildman–Crippen MR) is 63.1 cm³/mol. The molecule has 0 fully saturated rings. The van der Waals surface area contributed by atoms with Crippen LogP contribution in [0, 0.1) is 0 Å². The molecule has 0 N–H and O–H groups in total. The van der Waals surface area contributed by atoms with Gasteiger partial charge in [-0.3, -0.25) is 4.99 Å². The Morgan fingerprint density at radius 2 is 2.53 bits per heavy atom. The van der Waals surface area contributed by atoms with E-state index in [9.17, 15) is 0 Å². The maximum Gasteiger partial charge on any atom is 0.277 e. The van der Waals surface area contributed by atoms with E-state index >= 15 is 0 Å². The lowest BCUT2D eigenvalue weighted by Gasteiger charge is -1.96. The molecule has 2 rings (SSSR count). The summed E-state index contributed by atoms with van der Waals surface area (Å²) in [5.41, 5.74) is 1.02. The normalized spacial score (nSPS) is 11.3. The van der Waals surface area contributed by atoms with Gasteiger partial charge in [-0.2, -0.15) is 5.10 Å². The Kier molecular flexibility index (Phi) is 3.26. The first-order valence-electron chi connectivity index (χ1n) is 4.68. The van der Waals surface area contributed by atoms with Crippen LogP contribution < -0.4 is 0 Å². The van der Waals surface area contributed by atoms with Crippen LogP contribution in [0.1, 0.15) is 12.6 Å². The van der Waals surface area contributed by atoms with Crippen molar-refractivity contribution in [3.05, 3.63) is 18.3 Å². The van der Waals surface area contributed by atoms with Crippen molar-refractivity contribution in [1.29, 1.82) is 0 Å². The van der Waals surface area contributed by atoms with Gasteiger partial charge in [-0.25, -0.2) is 14.6 Å². The molecule has 2 aromatic rings. The molecule has 0 aliphatic carbocycles. The minimum Gasteiger partial charge on any atom is -0.251 e. The molecule has 0 unspecified atom stereocenters. The van der Waals surface area contributed by atoms with Crippen LogP contribution in [-0.4, -0.2) is 41.1 Å². The molecule has 0 bridgehead atoms. The molecule has 7 heteroatoms. The number of hydrogen-bond acceptors (Lipinski definition) is 5. The number of aliphatic imine (C=N–C) groups is 1. The zero-order valence-electron chi connectivity index (χ0n) is 8.58. The molecular formula is C8H10AlN5S. The topological polar surface area (TPSA) is 56.0 Å². The Bertz CT molecular complexity index is 461. The number of thiazole rings is 1. The van der Waals surface area contributed by atoms with E-state index in [2.05, 4.69) is 27.0 Å². The van der Waals surface area contributed by atoms with Gasteiger partial charge >= 0.3 is 0 Å². The molecule has 15 heavy (non-hydrogen) atoms. The Labute approximate surface area is 99.3 Å². The first-order chi connectivity index (χ1) is 7.35. The van der Waals surface area contributed by atoms with Crippen LogP contribution in [0.2, 0.25) is 0 Å². The molecule has 0 amide bonds. The average molecular weight is 235 g/mol. The minimum absolute atomic E-state index is 0.798. The Hall–Kier alpha value is -1.03. The van der Waals surface area contributed by atoms with Gasteiger partial charge in [0.05, 0.1) is 5.69 Å². The second-order valence-corrected chi connectivity index (χ2v) is 4.30. The van der Waals surface area contributed by atoms with Crippen LogP contribution in [0.4, 0.5) is 5.13 Å². The molecule has 0 aromatic carbocycles. The van der Waals surface area contributed by atoms with Gasteiger partial charge in [-0.1, -0.05) is 23.3 Å². The van der Waals surface area contributed by atoms with E-state index in [0.29, 0.717) is 0 Å². The predicted octanol–water partition coefficient (Wildman–Crippen LogP) is 0.579. The van der Waals surface area contributed by atoms with Gasteiger partial charge in [0, 0.05) is 0 Å². The molecule has 2 aromatic heterocycles. The highest BCUT2D eigenvalue weighted by Crippen LogP contribution is 2.28. The third-order valence-electron chi connectivity index (χ3n) is 1.87. The van der Waals surface area contributed by atoms with E-state index in [1.54, 1.807) is 22.3 Å².